The van der Waals surface area contributed by atoms with E-state index in [2.05, 4.69) is 10.4 Å². The zero-order chi connectivity index (χ0) is 23.1. The lowest BCUT2D eigenvalue weighted by Gasteiger charge is -2.10. The van der Waals surface area contributed by atoms with E-state index in [1.54, 1.807) is 32.7 Å². The van der Waals surface area contributed by atoms with E-state index in [1.165, 1.54) is 0 Å². The molecular weight excluding hydrogens is 410 g/mol. The minimum absolute atomic E-state index is 0.361. The largest absolute Gasteiger partial charge is 0.493 e. The van der Waals surface area contributed by atoms with Crippen LogP contribution in [0.4, 0.5) is 0 Å². The van der Waals surface area contributed by atoms with Crippen LogP contribution < -0.4 is 14.8 Å². The van der Waals surface area contributed by atoms with E-state index in [1.807, 2.05) is 48.5 Å². The second-order valence-electron chi connectivity index (χ2n) is 7.16. The first-order valence-corrected chi connectivity index (χ1v) is 10.2. The molecule has 0 saturated carbocycles. The number of hydrogen-bond donors (Lipinski definition) is 1. The van der Waals surface area contributed by atoms with Crippen molar-refractivity contribution < 1.29 is 23.8 Å². The number of esters is 1. The summed E-state index contributed by atoms with van der Waals surface area (Å²) in [7, 11) is 3.15. The average Bonchev–Trinajstić information content (AvgIpc) is 3.11. The van der Waals surface area contributed by atoms with Gasteiger partial charge in [-0.25, -0.2) is 9.48 Å². The molecule has 0 radical (unpaired) electrons. The zero-order valence-electron chi connectivity index (χ0n) is 18.7. The van der Waals surface area contributed by atoms with Gasteiger partial charge < -0.3 is 19.5 Å². The van der Waals surface area contributed by atoms with E-state index in [0.29, 0.717) is 41.4 Å². The van der Waals surface area contributed by atoms with Crippen LogP contribution in [0.1, 0.15) is 27.3 Å². The maximum absolute atomic E-state index is 12.6. The van der Waals surface area contributed by atoms with Gasteiger partial charge in [0.25, 0.3) is 5.91 Å². The molecule has 1 heterocycles. The molecule has 32 heavy (non-hydrogen) atoms. The number of aromatic nitrogens is 2. The smallest absolute Gasteiger partial charge is 0.342 e. The highest BCUT2D eigenvalue weighted by molar-refractivity contribution is 5.93. The summed E-state index contributed by atoms with van der Waals surface area (Å²) in [6, 6.07) is 15.1. The fourth-order valence-corrected chi connectivity index (χ4v) is 3.40. The van der Waals surface area contributed by atoms with E-state index in [-0.39, 0.29) is 12.5 Å². The van der Waals surface area contributed by atoms with Gasteiger partial charge in [-0.2, -0.15) is 5.10 Å². The maximum Gasteiger partial charge on any atom is 0.342 e. The summed E-state index contributed by atoms with van der Waals surface area (Å²) in [6.07, 6.45) is 0.599. The molecule has 8 nitrogen and oxygen atoms in total. The maximum atomic E-state index is 12.6. The fourth-order valence-electron chi connectivity index (χ4n) is 3.40. The lowest BCUT2D eigenvalue weighted by atomic mass is 10.1. The van der Waals surface area contributed by atoms with Crippen LogP contribution in [0.3, 0.4) is 0 Å². The van der Waals surface area contributed by atoms with Crippen LogP contribution >= 0.6 is 0 Å². The molecule has 3 aromatic rings. The first-order chi connectivity index (χ1) is 15.4. The van der Waals surface area contributed by atoms with Crippen molar-refractivity contribution in [3.05, 3.63) is 71.0 Å². The predicted molar refractivity (Wildman–Crippen MR) is 120 cm³/mol. The molecule has 1 aromatic heterocycles. The standard InChI is InChI=1S/C24H27N3O5/c1-16-23(17(2)27(26-16)19-8-6-5-7-9-19)24(29)32-15-22(28)25-13-12-18-10-11-20(30-3)21(14-18)31-4/h5-11,14H,12-13,15H2,1-4H3,(H,25,28). The lowest BCUT2D eigenvalue weighted by molar-refractivity contribution is -0.124. The summed E-state index contributed by atoms with van der Waals surface area (Å²) in [5.41, 5.74) is 3.41. The number of amides is 1. The Morgan fingerprint density at radius 2 is 1.72 bits per heavy atom. The van der Waals surface area contributed by atoms with Gasteiger partial charge in [-0.05, 0) is 50.1 Å². The van der Waals surface area contributed by atoms with E-state index < -0.39 is 5.97 Å². The van der Waals surface area contributed by atoms with Crippen LogP contribution in [0.25, 0.3) is 5.69 Å². The number of nitrogens with one attached hydrogen (secondary N) is 1. The summed E-state index contributed by atoms with van der Waals surface area (Å²) in [5, 5.41) is 7.19. The molecule has 0 unspecified atom stereocenters. The topological polar surface area (TPSA) is 91.7 Å². The van der Waals surface area contributed by atoms with Crippen LogP contribution in [0.2, 0.25) is 0 Å². The number of benzene rings is 2. The van der Waals surface area contributed by atoms with Gasteiger partial charge in [0, 0.05) is 6.54 Å². The predicted octanol–water partition coefficient (Wildman–Crippen LogP) is 3.02. The van der Waals surface area contributed by atoms with Crippen molar-refractivity contribution in [2.24, 2.45) is 0 Å². The molecule has 1 amide bonds. The number of carbonyl (C=O) groups is 2. The Hall–Kier alpha value is -3.81. The summed E-state index contributed by atoms with van der Waals surface area (Å²) in [6.45, 7) is 3.58. The molecule has 0 atom stereocenters. The molecule has 0 saturated heterocycles. The Morgan fingerprint density at radius 3 is 2.41 bits per heavy atom. The number of ether oxygens (including phenoxy) is 3. The highest BCUT2D eigenvalue weighted by Gasteiger charge is 2.21. The van der Waals surface area contributed by atoms with Crippen LogP contribution in [-0.4, -0.2) is 49.0 Å². The minimum Gasteiger partial charge on any atom is -0.493 e. The molecule has 0 aliphatic heterocycles. The van der Waals surface area contributed by atoms with Crippen LogP contribution in [-0.2, 0) is 16.0 Å². The van der Waals surface area contributed by atoms with Crippen molar-refractivity contribution in [2.45, 2.75) is 20.3 Å². The molecule has 168 valence electrons. The quantitative estimate of drug-likeness (QED) is 0.518. The molecule has 2 aromatic carbocycles. The van der Waals surface area contributed by atoms with Crippen LogP contribution in [0, 0.1) is 13.8 Å². The van der Waals surface area contributed by atoms with Gasteiger partial charge in [0.15, 0.2) is 18.1 Å². The number of rotatable bonds is 9. The second-order valence-corrected chi connectivity index (χ2v) is 7.16. The van der Waals surface area contributed by atoms with Gasteiger partial charge in [-0.1, -0.05) is 24.3 Å². The van der Waals surface area contributed by atoms with Gasteiger partial charge >= 0.3 is 5.97 Å². The fraction of sp³-hybridized carbons (Fsp3) is 0.292. The van der Waals surface area contributed by atoms with Crippen molar-refractivity contribution in [3.63, 3.8) is 0 Å². The SMILES string of the molecule is COc1ccc(CCNC(=O)COC(=O)c2c(C)nn(-c3ccccc3)c2C)cc1OC. The first-order valence-electron chi connectivity index (χ1n) is 10.2. The summed E-state index contributed by atoms with van der Waals surface area (Å²) in [5.74, 6) is 0.335. The number of aryl methyl sites for hydroxylation is 1. The third-order valence-electron chi connectivity index (χ3n) is 5.01. The summed E-state index contributed by atoms with van der Waals surface area (Å²) < 4.78 is 17.4. The van der Waals surface area contributed by atoms with Gasteiger partial charge in [-0.3, -0.25) is 4.79 Å². The number of para-hydroxylation sites is 1. The number of hydrogen-bond acceptors (Lipinski definition) is 6. The number of nitrogens with zero attached hydrogens (tertiary/aromatic N) is 2. The Bertz CT molecular complexity index is 1090. The summed E-state index contributed by atoms with van der Waals surface area (Å²) in [4.78, 5) is 24.7. The molecule has 0 aliphatic rings. The van der Waals surface area contributed by atoms with Crippen molar-refractivity contribution in [3.8, 4) is 17.2 Å². The molecular formula is C24H27N3O5. The van der Waals surface area contributed by atoms with Crippen LogP contribution in [0.15, 0.2) is 48.5 Å². The molecule has 8 heteroatoms. The molecule has 0 aliphatic carbocycles. The monoisotopic (exact) mass is 437 g/mol. The van der Waals surface area contributed by atoms with Gasteiger partial charge in [0.05, 0.1) is 31.3 Å². The zero-order valence-corrected chi connectivity index (χ0v) is 18.7. The Kier molecular flexibility index (Phi) is 7.49. The Balaban J connectivity index is 1.52. The average molecular weight is 437 g/mol. The second kappa shape index (κ2) is 10.5. The van der Waals surface area contributed by atoms with E-state index in [9.17, 15) is 9.59 Å². The van der Waals surface area contributed by atoms with Gasteiger partial charge in [0.1, 0.15) is 5.56 Å². The van der Waals surface area contributed by atoms with Crippen molar-refractivity contribution in [1.29, 1.82) is 0 Å². The normalized spacial score (nSPS) is 10.5. The van der Waals surface area contributed by atoms with Gasteiger partial charge in [0.2, 0.25) is 0 Å². The lowest BCUT2D eigenvalue weighted by Crippen LogP contribution is -2.30. The molecule has 0 spiro atoms. The highest BCUT2D eigenvalue weighted by atomic mass is 16.5. The van der Waals surface area contributed by atoms with Crippen molar-refractivity contribution >= 4 is 11.9 Å². The third-order valence-corrected chi connectivity index (χ3v) is 5.01. The Morgan fingerprint density at radius 1 is 1.00 bits per heavy atom. The molecule has 3 rings (SSSR count). The third kappa shape index (κ3) is 5.26. The summed E-state index contributed by atoms with van der Waals surface area (Å²) >= 11 is 0. The van der Waals surface area contributed by atoms with E-state index >= 15 is 0 Å². The van der Waals surface area contributed by atoms with Crippen LogP contribution in [0.5, 0.6) is 11.5 Å². The molecule has 0 fully saturated rings. The molecule has 0 bridgehead atoms. The van der Waals surface area contributed by atoms with Crippen molar-refractivity contribution in [2.75, 3.05) is 27.4 Å². The highest BCUT2D eigenvalue weighted by Crippen LogP contribution is 2.27. The number of carbonyl (C=O) groups excluding carboxylic acids is 2. The Labute approximate surface area is 187 Å². The van der Waals surface area contributed by atoms with E-state index in [4.69, 9.17) is 14.2 Å². The van der Waals surface area contributed by atoms with Crippen molar-refractivity contribution in [1.82, 2.24) is 15.1 Å². The van der Waals surface area contributed by atoms with Gasteiger partial charge in [-0.15, -0.1) is 0 Å². The minimum atomic E-state index is -0.572. The first kappa shape index (κ1) is 22.9. The molecule has 1 N–H and O–H groups in total. The van der Waals surface area contributed by atoms with E-state index in [0.717, 1.165) is 11.3 Å². The number of methoxy groups -OCH3 is 2.